The van der Waals surface area contributed by atoms with Crippen molar-refractivity contribution in [3.63, 3.8) is 0 Å². The minimum absolute atomic E-state index is 0.230. The van der Waals surface area contributed by atoms with E-state index in [2.05, 4.69) is 4.72 Å². The van der Waals surface area contributed by atoms with Crippen molar-refractivity contribution < 1.29 is 13.2 Å². The number of rotatable bonds is 5. The molecule has 1 atom stereocenters. The molecule has 0 fully saturated rings. The van der Waals surface area contributed by atoms with E-state index in [1.54, 1.807) is 0 Å². The van der Waals surface area contributed by atoms with E-state index in [0.717, 1.165) is 16.3 Å². The molecule has 1 aliphatic rings. The highest BCUT2D eigenvalue weighted by atomic mass is 32.2. The molecule has 0 saturated carbocycles. The first kappa shape index (κ1) is 15.7. The van der Waals surface area contributed by atoms with Crippen LogP contribution < -0.4 is 4.72 Å². The van der Waals surface area contributed by atoms with Gasteiger partial charge in [-0.2, -0.15) is 12.7 Å². The molecule has 0 heterocycles. The third kappa shape index (κ3) is 4.41. The van der Waals surface area contributed by atoms with Crippen molar-refractivity contribution in [1.29, 1.82) is 0 Å². The van der Waals surface area contributed by atoms with Crippen molar-refractivity contribution in [2.75, 3.05) is 7.05 Å². The van der Waals surface area contributed by atoms with Gasteiger partial charge in [0.05, 0.1) is 0 Å². The number of allylic oxidation sites excluding steroid dienone is 2. The number of nitrogens with zero attached hydrogens (tertiary/aromatic N) is 1. The van der Waals surface area contributed by atoms with Crippen LogP contribution in [0.1, 0.15) is 24.8 Å². The Bertz CT molecular complexity index is 611. The molecule has 0 aliphatic heterocycles. The van der Waals surface area contributed by atoms with Crippen molar-refractivity contribution in [1.82, 2.24) is 9.03 Å². The Morgan fingerprint density at radius 1 is 1.29 bits per heavy atom. The summed E-state index contributed by atoms with van der Waals surface area (Å²) in [6, 6.07) is 9.27. The molecule has 1 aromatic carbocycles. The van der Waals surface area contributed by atoms with Crippen LogP contribution in [0.5, 0.6) is 0 Å². The third-order valence-electron chi connectivity index (χ3n) is 3.53. The van der Waals surface area contributed by atoms with Crippen LogP contribution in [0.3, 0.4) is 0 Å². The van der Waals surface area contributed by atoms with Crippen LogP contribution in [0, 0.1) is 5.92 Å². The minimum Gasteiger partial charge on any atom is -0.274 e. The zero-order valence-corrected chi connectivity index (χ0v) is 12.8. The van der Waals surface area contributed by atoms with Gasteiger partial charge in [-0.15, -0.1) is 0 Å². The van der Waals surface area contributed by atoms with Gasteiger partial charge in [-0.3, -0.25) is 4.79 Å². The number of carbonyl (C=O) groups excluding carboxylic acids is 1. The van der Waals surface area contributed by atoms with Crippen molar-refractivity contribution in [3.8, 4) is 0 Å². The van der Waals surface area contributed by atoms with E-state index in [9.17, 15) is 13.2 Å². The van der Waals surface area contributed by atoms with E-state index in [4.69, 9.17) is 0 Å². The fraction of sp³-hybridized carbons (Fsp3) is 0.400. The summed E-state index contributed by atoms with van der Waals surface area (Å²) in [5, 5.41) is 0. The molecule has 6 heteroatoms. The number of hydrogen-bond donors (Lipinski definition) is 1. The average molecular weight is 308 g/mol. The van der Waals surface area contributed by atoms with Crippen LogP contribution in [0.2, 0.25) is 0 Å². The Morgan fingerprint density at radius 3 is 2.62 bits per heavy atom. The van der Waals surface area contributed by atoms with E-state index in [1.807, 2.05) is 42.5 Å². The molecule has 1 N–H and O–H groups in total. The molecule has 0 bridgehead atoms. The van der Waals surface area contributed by atoms with E-state index in [-0.39, 0.29) is 12.5 Å². The zero-order chi connectivity index (χ0) is 15.3. The summed E-state index contributed by atoms with van der Waals surface area (Å²) >= 11 is 0. The molecule has 114 valence electrons. The third-order valence-corrected chi connectivity index (χ3v) is 4.94. The maximum Gasteiger partial charge on any atom is 0.303 e. The van der Waals surface area contributed by atoms with Crippen LogP contribution in [-0.4, -0.2) is 25.7 Å². The van der Waals surface area contributed by atoms with E-state index < -0.39 is 16.1 Å². The molecule has 0 radical (unpaired) electrons. The largest absolute Gasteiger partial charge is 0.303 e. The predicted octanol–water partition coefficient (Wildman–Crippen LogP) is 1.84. The van der Waals surface area contributed by atoms with Crippen LogP contribution in [-0.2, 0) is 21.5 Å². The summed E-state index contributed by atoms with van der Waals surface area (Å²) in [5.41, 5.74) is 0.874. The Hall–Kier alpha value is -1.66. The van der Waals surface area contributed by atoms with E-state index in [0.29, 0.717) is 12.8 Å². The second-order valence-corrected chi connectivity index (χ2v) is 6.97. The number of amides is 1. The first-order chi connectivity index (χ1) is 9.99. The standard InChI is InChI=1S/C15H20N2O3S/c1-17(12-13-8-4-2-5-9-13)21(19,20)16-15(18)14-10-6-3-7-11-14/h2-6,8-9,14H,7,10-12H2,1H3,(H,16,18)/t14-/m1/s1. The van der Waals surface area contributed by atoms with E-state index in [1.165, 1.54) is 7.05 Å². The Balaban J connectivity index is 1.97. The molecule has 0 unspecified atom stereocenters. The normalized spacial score (nSPS) is 18.7. The molecular weight excluding hydrogens is 288 g/mol. The molecule has 5 nitrogen and oxygen atoms in total. The van der Waals surface area contributed by atoms with E-state index >= 15 is 0 Å². The van der Waals surface area contributed by atoms with Gasteiger partial charge in [0.15, 0.2) is 0 Å². The molecule has 1 amide bonds. The lowest BCUT2D eigenvalue weighted by Gasteiger charge is -2.21. The van der Waals surface area contributed by atoms with Gasteiger partial charge in [0.1, 0.15) is 0 Å². The summed E-state index contributed by atoms with van der Waals surface area (Å²) < 4.78 is 27.7. The topological polar surface area (TPSA) is 66.5 Å². The SMILES string of the molecule is CN(Cc1ccccc1)S(=O)(=O)NC(=O)[C@@H]1CC=CCC1. The highest BCUT2D eigenvalue weighted by Gasteiger charge is 2.26. The number of nitrogens with one attached hydrogen (secondary N) is 1. The lowest BCUT2D eigenvalue weighted by molar-refractivity contribution is -0.123. The number of hydrogen-bond acceptors (Lipinski definition) is 3. The van der Waals surface area contributed by atoms with Crippen LogP contribution in [0.15, 0.2) is 42.5 Å². The maximum atomic E-state index is 12.2. The highest BCUT2D eigenvalue weighted by Crippen LogP contribution is 2.18. The second kappa shape index (κ2) is 6.87. The van der Waals surface area contributed by atoms with Gasteiger partial charge in [0.2, 0.25) is 5.91 Å². The van der Waals surface area contributed by atoms with Crippen LogP contribution in [0.4, 0.5) is 0 Å². The van der Waals surface area contributed by atoms with Crippen LogP contribution in [0.25, 0.3) is 0 Å². The number of carbonyl (C=O) groups is 1. The second-order valence-electron chi connectivity index (χ2n) is 5.19. The quantitative estimate of drug-likeness (QED) is 0.844. The maximum absolute atomic E-state index is 12.2. The molecule has 0 spiro atoms. The summed E-state index contributed by atoms with van der Waals surface area (Å²) in [7, 11) is -2.34. The first-order valence-corrected chi connectivity index (χ1v) is 8.40. The average Bonchev–Trinajstić information content (AvgIpc) is 2.48. The van der Waals surface area contributed by atoms with Crippen LogP contribution >= 0.6 is 0 Å². The van der Waals surface area contributed by atoms with Crippen molar-refractivity contribution in [3.05, 3.63) is 48.0 Å². The Morgan fingerprint density at radius 2 is 2.00 bits per heavy atom. The van der Waals surface area contributed by atoms with Gasteiger partial charge in [0.25, 0.3) is 0 Å². The van der Waals surface area contributed by atoms with Crippen molar-refractivity contribution in [2.45, 2.75) is 25.8 Å². The molecular formula is C15H20N2O3S. The van der Waals surface area contributed by atoms with Gasteiger partial charge in [-0.25, -0.2) is 4.72 Å². The van der Waals surface area contributed by atoms with Gasteiger partial charge in [0, 0.05) is 19.5 Å². The molecule has 2 rings (SSSR count). The zero-order valence-electron chi connectivity index (χ0n) is 12.0. The fourth-order valence-electron chi connectivity index (χ4n) is 2.25. The summed E-state index contributed by atoms with van der Waals surface area (Å²) in [5.74, 6) is -0.672. The molecule has 1 aromatic rings. The Kier molecular flexibility index (Phi) is 5.14. The summed E-state index contributed by atoms with van der Waals surface area (Å²) in [4.78, 5) is 12.0. The van der Waals surface area contributed by atoms with Crippen molar-refractivity contribution >= 4 is 16.1 Å². The Labute approximate surface area is 125 Å². The summed E-state index contributed by atoms with van der Waals surface area (Å²) in [6.07, 6.45) is 6.05. The monoisotopic (exact) mass is 308 g/mol. The van der Waals surface area contributed by atoms with Gasteiger partial charge in [-0.05, 0) is 24.8 Å². The fourth-order valence-corrected chi connectivity index (χ4v) is 3.14. The minimum atomic E-state index is -3.80. The molecule has 0 aromatic heterocycles. The predicted molar refractivity (Wildman–Crippen MR) is 81.5 cm³/mol. The smallest absolute Gasteiger partial charge is 0.274 e. The lowest BCUT2D eigenvalue weighted by Crippen LogP contribution is -2.43. The van der Waals surface area contributed by atoms with Gasteiger partial charge < -0.3 is 0 Å². The molecule has 21 heavy (non-hydrogen) atoms. The summed E-state index contributed by atoms with van der Waals surface area (Å²) in [6.45, 7) is 0.230. The first-order valence-electron chi connectivity index (χ1n) is 6.96. The van der Waals surface area contributed by atoms with Crippen molar-refractivity contribution in [2.24, 2.45) is 5.92 Å². The molecule has 0 saturated heterocycles. The van der Waals surface area contributed by atoms with Gasteiger partial charge >= 0.3 is 10.2 Å². The highest BCUT2D eigenvalue weighted by molar-refractivity contribution is 7.87. The van der Waals surface area contributed by atoms with Gasteiger partial charge in [-0.1, -0.05) is 42.5 Å². The number of benzene rings is 1. The molecule has 1 aliphatic carbocycles. The lowest BCUT2D eigenvalue weighted by atomic mass is 9.94.